The van der Waals surface area contributed by atoms with E-state index in [0.29, 0.717) is 6.29 Å². The van der Waals surface area contributed by atoms with Crippen LogP contribution in [-0.2, 0) is 4.79 Å². The number of allylic oxidation sites excluding steroid dienone is 1. The first-order valence-corrected chi connectivity index (χ1v) is 3.24. The van der Waals surface area contributed by atoms with Crippen LogP contribution in [0.15, 0.2) is 17.3 Å². The Labute approximate surface area is 58.4 Å². The van der Waals surface area contributed by atoms with Gasteiger partial charge in [0, 0.05) is 6.20 Å². The number of aldehydes is 1. The summed E-state index contributed by atoms with van der Waals surface area (Å²) >= 11 is 1.35. The average molecular weight is 144 g/mol. The predicted molar refractivity (Wildman–Crippen MR) is 40.3 cm³/mol. The van der Waals surface area contributed by atoms with Crippen LogP contribution < -0.4 is 4.72 Å². The van der Waals surface area contributed by atoms with Gasteiger partial charge in [-0.05, 0) is 25.1 Å². The molecule has 0 spiro atoms. The van der Waals surface area contributed by atoms with Crippen LogP contribution in [0.4, 0.5) is 0 Å². The highest BCUT2D eigenvalue weighted by atomic mass is 32.2. The summed E-state index contributed by atoms with van der Waals surface area (Å²) < 4.78 is 2.79. The molecule has 0 saturated carbocycles. The van der Waals surface area contributed by atoms with Gasteiger partial charge in [0.15, 0.2) is 0 Å². The molecule has 9 heavy (non-hydrogen) atoms. The van der Waals surface area contributed by atoms with Crippen molar-refractivity contribution >= 4 is 23.8 Å². The molecule has 0 bridgehead atoms. The molecule has 1 N–H and O–H groups in total. The summed E-state index contributed by atoms with van der Waals surface area (Å²) in [5.41, 5.74) is 1.60. The van der Waals surface area contributed by atoms with Crippen LogP contribution in [0.2, 0.25) is 0 Å². The maximum absolute atomic E-state index is 9.65. The molecule has 0 fully saturated rings. The van der Waals surface area contributed by atoms with Gasteiger partial charge >= 0.3 is 0 Å². The van der Waals surface area contributed by atoms with Crippen molar-refractivity contribution in [1.29, 1.82) is 0 Å². The number of nitrogens with zero attached hydrogens (tertiary/aromatic N) is 1. The summed E-state index contributed by atoms with van der Waals surface area (Å²) in [6.45, 7) is 0. The number of hydrogen-bond acceptors (Lipinski definition) is 4. The smallest absolute Gasteiger partial charge is 0.144 e. The van der Waals surface area contributed by atoms with E-state index in [4.69, 9.17) is 0 Å². The van der Waals surface area contributed by atoms with Gasteiger partial charge in [0.1, 0.15) is 6.29 Å². The van der Waals surface area contributed by atoms with Crippen LogP contribution in [-0.4, -0.2) is 18.9 Å². The molecule has 0 aromatic heterocycles. The number of carbonyl (C=O) groups excluding carboxylic acids is 1. The minimum Gasteiger partial charge on any atom is -0.299 e. The van der Waals surface area contributed by atoms with E-state index in [0.717, 1.165) is 0 Å². The molecule has 0 saturated heterocycles. The fourth-order valence-electron chi connectivity index (χ4n) is 0.203. The van der Waals surface area contributed by atoms with Gasteiger partial charge in [0.25, 0.3) is 0 Å². The van der Waals surface area contributed by atoms with Crippen molar-refractivity contribution in [2.24, 2.45) is 4.99 Å². The first kappa shape index (κ1) is 8.39. The Morgan fingerprint density at radius 3 is 3.00 bits per heavy atom. The van der Waals surface area contributed by atoms with E-state index in [1.54, 1.807) is 12.6 Å². The van der Waals surface area contributed by atoms with E-state index in [9.17, 15) is 4.79 Å². The third-order valence-corrected chi connectivity index (χ3v) is 0.945. The quantitative estimate of drug-likeness (QED) is 0.206. The molecule has 0 aliphatic rings. The lowest BCUT2D eigenvalue weighted by molar-refractivity contribution is -0.104. The number of hydrogen-bond donors (Lipinski definition) is 1. The molecule has 4 heteroatoms. The standard InChI is InChI=1S/C5H8N2OS/c1-6-9-5-7-3-2-4-8/h2-6H,1H3/b3-2+,7-5?. The molecule has 0 aromatic rings. The zero-order valence-corrected chi connectivity index (χ0v) is 5.89. The van der Waals surface area contributed by atoms with E-state index in [1.807, 2.05) is 0 Å². The Kier molecular flexibility index (Phi) is 6.89. The zero-order valence-electron chi connectivity index (χ0n) is 5.07. The van der Waals surface area contributed by atoms with Crippen LogP contribution in [0, 0.1) is 0 Å². The van der Waals surface area contributed by atoms with Crippen molar-refractivity contribution in [3.8, 4) is 0 Å². The number of aliphatic imine (C=N–C) groups is 1. The normalized spacial score (nSPS) is 11.2. The van der Waals surface area contributed by atoms with Crippen LogP contribution in [0.1, 0.15) is 0 Å². The minimum atomic E-state index is 0.682. The van der Waals surface area contributed by atoms with E-state index < -0.39 is 0 Å². The van der Waals surface area contributed by atoms with Crippen molar-refractivity contribution < 1.29 is 4.79 Å². The Bertz CT molecular complexity index is 122. The molecule has 50 valence electrons. The van der Waals surface area contributed by atoms with Gasteiger partial charge < -0.3 is 0 Å². The highest BCUT2D eigenvalue weighted by Gasteiger charge is 1.66. The first-order valence-electron chi connectivity index (χ1n) is 2.36. The van der Waals surface area contributed by atoms with Gasteiger partial charge in [0.2, 0.25) is 0 Å². The Hall–Kier alpha value is -0.610. The summed E-state index contributed by atoms with van der Waals surface area (Å²) in [6, 6.07) is 0. The molecule has 0 amide bonds. The fraction of sp³-hybridized carbons (Fsp3) is 0.200. The molecule has 0 radical (unpaired) electrons. The zero-order chi connectivity index (χ0) is 6.95. The molecule has 0 aliphatic carbocycles. The van der Waals surface area contributed by atoms with Gasteiger partial charge in [-0.3, -0.25) is 14.5 Å². The molecule has 0 heterocycles. The molecule has 0 unspecified atom stereocenters. The average Bonchev–Trinajstić information content (AvgIpc) is 1.89. The number of rotatable bonds is 4. The maximum atomic E-state index is 9.65. The monoisotopic (exact) mass is 144 g/mol. The predicted octanol–water partition coefficient (Wildman–Crippen LogP) is 0.595. The lowest BCUT2D eigenvalue weighted by atomic mass is 10.7. The fourth-order valence-corrected chi connectivity index (χ4v) is 0.440. The molecule has 0 aromatic carbocycles. The molecular weight excluding hydrogens is 136 g/mol. The summed E-state index contributed by atoms with van der Waals surface area (Å²) in [6.07, 6.45) is 3.44. The summed E-state index contributed by atoms with van der Waals surface area (Å²) in [7, 11) is 1.79. The molecule has 3 nitrogen and oxygen atoms in total. The lowest BCUT2D eigenvalue weighted by Gasteiger charge is -1.81. The van der Waals surface area contributed by atoms with Crippen LogP contribution in [0.5, 0.6) is 0 Å². The van der Waals surface area contributed by atoms with Gasteiger partial charge in [0.05, 0.1) is 5.55 Å². The lowest BCUT2D eigenvalue weighted by Crippen LogP contribution is -1.88. The maximum Gasteiger partial charge on any atom is 0.144 e. The van der Waals surface area contributed by atoms with E-state index in [1.165, 1.54) is 24.2 Å². The molecule has 0 atom stereocenters. The highest BCUT2D eigenvalue weighted by molar-refractivity contribution is 8.10. The summed E-state index contributed by atoms with van der Waals surface area (Å²) in [4.78, 5) is 13.4. The van der Waals surface area contributed by atoms with Gasteiger partial charge in [-0.15, -0.1) is 0 Å². The van der Waals surface area contributed by atoms with Gasteiger partial charge in [-0.1, -0.05) is 0 Å². The topological polar surface area (TPSA) is 41.5 Å². The highest BCUT2D eigenvalue weighted by Crippen LogP contribution is 1.82. The second-order valence-electron chi connectivity index (χ2n) is 1.05. The number of carbonyl (C=O) groups is 1. The summed E-state index contributed by atoms with van der Waals surface area (Å²) in [5, 5.41) is 0. The number of nitrogens with one attached hydrogen (secondary N) is 1. The Balaban J connectivity index is 3.23. The van der Waals surface area contributed by atoms with E-state index in [2.05, 4.69) is 9.71 Å². The second-order valence-corrected chi connectivity index (χ2v) is 1.91. The third kappa shape index (κ3) is 7.39. The first-order chi connectivity index (χ1) is 4.41. The van der Waals surface area contributed by atoms with Crippen molar-refractivity contribution in [2.75, 3.05) is 7.05 Å². The largest absolute Gasteiger partial charge is 0.299 e. The Morgan fingerprint density at radius 1 is 1.67 bits per heavy atom. The third-order valence-electron chi connectivity index (χ3n) is 0.482. The van der Waals surface area contributed by atoms with Crippen molar-refractivity contribution in [3.63, 3.8) is 0 Å². The van der Waals surface area contributed by atoms with Gasteiger partial charge in [-0.25, -0.2) is 0 Å². The SMILES string of the molecule is CNSC=N/C=C/C=O. The van der Waals surface area contributed by atoms with E-state index in [-0.39, 0.29) is 0 Å². The van der Waals surface area contributed by atoms with Crippen molar-refractivity contribution in [2.45, 2.75) is 0 Å². The Morgan fingerprint density at radius 2 is 2.44 bits per heavy atom. The molecule has 0 rings (SSSR count). The molecule has 0 aliphatic heterocycles. The second kappa shape index (κ2) is 7.39. The van der Waals surface area contributed by atoms with Crippen LogP contribution in [0.3, 0.4) is 0 Å². The van der Waals surface area contributed by atoms with Crippen molar-refractivity contribution in [3.05, 3.63) is 12.3 Å². The van der Waals surface area contributed by atoms with Crippen LogP contribution in [0.25, 0.3) is 0 Å². The molecular formula is C5H8N2OS. The summed E-state index contributed by atoms with van der Waals surface area (Å²) in [5.74, 6) is 0. The van der Waals surface area contributed by atoms with Crippen molar-refractivity contribution in [1.82, 2.24) is 4.72 Å². The van der Waals surface area contributed by atoms with E-state index >= 15 is 0 Å². The minimum absolute atomic E-state index is 0.682. The van der Waals surface area contributed by atoms with Gasteiger partial charge in [-0.2, -0.15) is 0 Å². The van der Waals surface area contributed by atoms with Crippen LogP contribution >= 0.6 is 11.9 Å².